The van der Waals surface area contributed by atoms with Crippen LogP contribution in [0.5, 0.6) is 0 Å². The van der Waals surface area contributed by atoms with Crippen LogP contribution < -0.4 is 4.90 Å². The van der Waals surface area contributed by atoms with Gasteiger partial charge in [0.1, 0.15) is 6.26 Å². The van der Waals surface area contributed by atoms with E-state index in [-0.39, 0.29) is 17.2 Å². The van der Waals surface area contributed by atoms with Crippen molar-refractivity contribution in [2.75, 3.05) is 18.6 Å². The molecular weight excluding hydrogens is 260 g/mol. The van der Waals surface area contributed by atoms with Gasteiger partial charge in [-0.1, -0.05) is 0 Å². The third-order valence-corrected chi connectivity index (χ3v) is 2.77. The molecule has 0 saturated heterocycles. The quantitative estimate of drug-likeness (QED) is 0.798. The molecule has 0 fully saturated rings. The molecule has 0 aliphatic rings. The molecule has 20 heavy (non-hydrogen) atoms. The van der Waals surface area contributed by atoms with Crippen molar-refractivity contribution in [1.82, 2.24) is 4.98 Å². The first-order valence-corrected chi connectivity index (χ1v) is 6.06. The lowest BCUT2D eigenvalue weighted by atomic mass is 10.2. The lowest BCUT2D eigenvalue weighted by molar-refractivity contribution is 0.0600. The minimum Gasteiger partial charge on any atom is -0.465 e. The molecule has 1 amide bonds. The number of methoxy groups -OCH3 is 1. The number of ether oxygens (including phenoxy) is 1. The number of amides is 1. The van der Waals surface area contributed by atoms with Gasteiger partial charge >= 0.3 is 5.97 Å². The predicted molar refractivity (Wildman–Crippen MR) is 71.6 cm³/mol. The van der Waals surface area contributed by atoms with Gasteiger partial charge in [0.2, 0.25) is 0 Å². The van der Waals surface area contributed by atoms with E-state index in [4.69, 9.17) is 4.42 Å². The summed E-state index contributed by atoms with van der Waals surface area (Å²) in [6.07, 6.45) is 4.42. The molecule has 0 radical (unpaired) electrons. The van der Waals surface area contributed by atoms with Crippen molar-refractivity contribution in [2.24, 2.45) is 0 Å². The second kappa shape index (κ2) is 6.01. The number of hydrogen-bond acceptors (Lipinski definition) is 5. The van der Waals surface area contributed by atoms with Gasteiger partial charge in [-0.3, -0.25) is 9.78 Å². The Kier molecular flexibility index (Phi) is 4.14. The number of pyridine rings is 1. The van der Waals surface area contributed by atoms with E-state index in [1.165, 1.54) is 24.3 Å². The number of carbonyl (C=O) groups excluding carboxylic acids is 2. The van der Waals surface area contributed by atoms with Crippen LogP contribution in [-0.2, 0) is 4.74 Å². The summed E-state index contributed by atoms with van der Waals surface area (Å²) >= 11 is 0. The van der Waals surface area contributed by atoms with Crippen LogP contribution in [0.15, 0.2) is 41.3 Å². The maximum Gasteiger partial charge on any atom is 0.341 e. The van der Waals surface area contributed by atoms with Gasteiger partial charge in [0, 0.05) is 30.7 Å². The summed E-state index contributed by atoms with van der Waals surface area (Å²) in [5, 5.41) is 0. The zero-order valence-corrected chi connectivity index (χ0v) is 11.2. The summed E-state index contributed by atoms with van der Waals surface area (Å²) in [5.41, 5.74) is 0.921. The largest absolute Gasteiger partial charge is 0.465 e. The van der Waals surface area contributed by atoms with Crippen molar-refractivity contribution in [3.8, 4) is 0 Å². The number of aromatic nitrogens is 1. The summed E-state index contributed by atoms with van der Waals surface area (Å²) in [6.45, 7) is 2.32. The first-order chi connectivity index (χ1) is 9.67. The standard InChI is InChI=1S/C14H14N2O4/c1-3-16(11-4-6-15-7-5-11)13(17)12-8-10(9-20-12)14(18)19-2/h4-9H,3H2,1-2H3. The van der Waals surface area contributed by atoms with Crippen LogP contribution in [0, 0.1) is 0 Å². The minimum atomic E-state index is -0.542. The SMILES string of the molecule is CCN(C(=O)c1cc(C(=O)OC)co1)c1ccncc1. The van der Waals surface area contributed by atoms with E-state index < -0.39 is 5.97 Å². The van der Waals surface area contributed by atoms with Crippen LogP contribution in [0.25, 0.3) is 0 Å². The summed E-state index contributed by atoms with van der Waals surface area (Å²) in [5.74, 6) is -0.780. The second-order valence-electron chi connectivity index (χ2n) is 3.95. The molecule has 0 spiro atoms. The van der Waals surface area contributed by atoms with Gasteiger partial charge in [-0.2, -0.15) is 0 Å². The van der Waals surface area contributed by atoms with Gasteiger partial charge in [0.15, 0.2) is 5.76 Å². The third kappa shape index (κ3) is 2.69. The lowest BCUT2D eigenvalue weighted by Gasteiger charge is -2.19. The normalized spacial score (nSPS) is 10.1. The van der Waals surface area contributed by atoms with Crippen molar-refractivity contribution >= 4 is 17.6 Å². The number of nitrogens with zero attached hydrogens (tertiary/aromatic N) is 2. The molecular formula is C14H14N2O4. The molecule has 0 saturated carbocycles. The Hall–Kier alpha value is -2.63. The van der Waals surface area contributed by atoms with E-state index in [9.17, 15) is 9.59 Å². The molecule has 0 N–H and O–H groups in total. The first-order valence-electron chi connectivity index (χ1n) is 6.06. The molecule has 2 rings (SSSR count). The average Bonchev–Trinajstić information content (AvgIpc) is 2.98. The number of hydrogen-bond donors (Lipinski definition) is 0. The van der Waals surface area contributed by atoms with Crippen LogP contribution in [-0.4, -0.2) is 30.5 Å². The first kappa shape index (κ1) is 13.8. The van der Waals surface area contributed by atoms with E-state index in [1.54, 1.807) is 24.5 Å². The Morgan fingerprint density at radius 3 is 2.65 bits per heavy atom. The molecule has 0 aromatic carbocycles. The fraction of sp³-hybridized carbons (Fsp3) is 0.214. The molecule has 6 heteroatoms. The van der Waals surface area contributed by atoms with Gasteiger partial charge < -0.3 is 14.1 Å². The molecule has 0 bridgehead atoms. The van der Waals surface area contributed by atoms with Gasteiger partial charge in [0.05, 0.1) is 12.7 Å². The van der Waals surface area contributed by atoms with Gasteiger partial charge in [-0.05, 0) is 19.1 Å². The fourth-order valence-corrected chi connectivity index (χ4v) is 1.77. The van der Waals surface area contributed by atoms with E-state index in [0.717, 1.165) is 0 Å². The molecule has 0 unspecified atom stereocenters. The zero-order chi connectivity index (χ0) is 14.5. The maximum atomic E-state index is 12.4. The Balaban J connectivity index is 2.25. The molecule has 0 atom stereocenters. The van der Waals surface area contributed by atoms with Crippen LogP contribution in [0.4, 0.5) is 5.69 Å². The molecule has 2 aromatic heterocycles. The maximum absolute atomic E-state index is 12.4. The summed E-state index contributed by atoms with van der Waals surface area (Å²) < 4.78 is 9.71. The smallest absolute Gasteiger partial charge is 0.341 e. The van der Waals surface area contributed by atoms with Crippen molar-refractivity contribution in [3.63, 3.8) is 0 Å². The van der Waals surface area contributed by atoms with Crippen LogP contribution in [0.1, 0.15) is 27.8 Å². The molecule has 2 heterocycles. The molecule has 6 nitrogen and oxygen atoms in total. The van der Waals surface area contributed by atoms with E-state index >= 15 is 0 Å². The van der Waals surface area contributed by atoms with Gasteiger partial charge in [-0.25, -0.2) is 4.79 Å². The Labute approximate surface area is 116 Å². The number of esters is 1. The van der Waals surface area contributed by atoms with Gasteiger partial charge in [-0.15, -0.1) is 0 Å². The molecule has 2 aromatic rings. The highest BCUT2D eigenvalue weighted by Gasteiger charge is 2.21. The lowest BCUT2D eigenvalue weighted by Crippen LogP contribution is -2.30. The van der Waals surface area contributed by atoms with Crippen molar-refractivity contribution < 1.29 is 18.7 Å². The number of furan rings is 1. The van der Waals surface area contributed by atoms with Crippen molar-refractivity contribution in [1.29, 1.82) is 0 Å². The van der Waals surface area contributed by atoms with E-state index in [2.05, 4.69) is 9.72 Å². The summed E-state index contributed by atoms with van der Waals surface area (Å²) in [4.78, 5) is 29.1. The summed E-state index contributed by atoms with van der Waals surface area (Å²) in [6, 6.07) is 4.83. The Morgan fingerprint density at radius 2 is 2.05 bits per heavy atom. The fourth-order valence-electron chi connectivity index (χ4n) is 1.77. The van der Waals surface area contributed by atoms with Crippen LogP contribution in [0.3, 0.4) is 0 Å². The average molecular weight is 274 g/mol. The predicted octanol–water partition coefficient (Wildman–Crippen LogP) is 2.13. The monoisotopic (exact) mass is 274 g/mol. The molecule has 0 aliphatic carbocycles. The highest BCUT2D eigenvalue weighted by atomic mass is 16.5. The minimum absolute atomic E-state index is 0.0871. The molecule has 0 aliphatic heterocycles. The van der Waals surface area contributed by atoms with Crippen molar-refractivity contribution in [2.45, 2.75) is 6.92 Å². The molecule has 104 valence electrons. The summed E-state index contributed by atoms with van der Waals surface area (Å²) in [7, 11) is 1.27. The Morgan fingerprint density at radius 1 is 1.35 bits per heavy atom. The number of rotatable bonds is 4. The second-order valence-corrected chi connectivity index (χ2v) is 3.95. The topological polar surface area (TPSA) is 72.6 Å². The van der Waals surface area contributed by atoms with Gasteiger partial charge in [0.25, 0.3) is 5.91 Å². The number of anilines is 1. The Bertz CT molecular complexity index is 607. The van der Waals surface area contributed by atoms with Crippen molar-refractivity contribution in [3.05, 3.63) is 48.2 Å². The third-order valence-electron chi connectivity index (χ3n) is 2.77. The highest BCUT2D eigenvalue weighted by molar-refractivity contribution is 6.05. The van der Waals surface area contributed by atoms with Crippen LogP contribution >= 0.6 is 0 Å². The van der Waals surface area contributed by atoms with E-state index in [1.807, 2.05) is 6.92 Å². The zero-order valence-electron chi connectivity index (χ0n) is 11.2. The van der Waals surface area contributed by atoms with Crippen LogP contribution in [0.2, 0.25) is 0 Å². The highest BCUT2D eigenvalue weighted by Crippen LogP contribution is 2.17. The number of carbonyl (C=O) groups is 2. The van der Waals surface area contributed by atoms with E-state index in [0.29, 0.717) is 12.2 Å².